The highest BCUT2D eigenvalue weighted by Crippen LogP contribution is 2.06. The number of aromatic carboxylic acids is 1. The normalized spacial score (nSPS) is 10.3. The lowest BCUT2D eigenvalue weighted by molar-refractivity contribution is 0.0696. The zero-order valence-electron chi connectivity index (χ0n) is 11.9. The van der Waals surface area contributed by atoms with Crippen LogP contribution in [0.3, 0.4) is 0 Å². The number of nitrogens with one attached hydrogen (secondary N) is 1. The first kappa shape index (κ1) is 14.8. The predicted octanol–water partition coefficient (Wildman–Crippen LogP) is 2.53. The molecule has 0 radical (unpaired) electrons. The van der Waals surface area contributed by atoms with E-state index >= 15 is 0 Å². The Balaban J connectivity index is 1.97. The minimum Gasteiger partial charge on any atom is -0.478 e. The van der Waals surface area contributed by atoms with Crippen LogP contribution in [0.2, 0.25) is 0 Å². The van der Waals surface area contributed by atoms with Crippen molar-refractivity contribution in [3.8, 4) is 0 Å². The maximum absolute atomic E-state index is 12.1. The lowest BCUT2D eigenvalue weighted by Gasteiger charge is -2.09. The van der Waals surface area contributed by atoms with E-state index in [1.165, 1.54) is 12.1 Å². The van der Waals surface area contributed by atoms with Gasteiger partial charge in [-0.1, -0.05) is 19.1 Å². The fourth-order valence-electron chi connectivity index (χ4n) is 2.09. The number of amides is 1. The van der Waals surface area contributed by atoms with E-state index in [0.29, 0.717) is 12.2 Å². The van der Waals surface area contributed by atoms with E-state index in [9.17, 15) is 9.59 Å². The number of carbonyl (C=O) groups is 2. The molecule has 21 heavy (non-hydrogen) atoms. The monoisotopic (exact) mass is 286 g/mol. The smallest absolute Gasteiger partial charge is 0.335 e. The molecule has 1 amide bonds. The Kier molecular flexibility index (Phi) is 4.77. The molecule has 1 aromatic carbocycles. The van der Waals surface area contributed by atoms with E-state index in [1.807, 2.05) is 16.8 Å². The summed E-state index contributed by atoms with van der Waals surface area (Å²) in [5.41, 5.74) is 1.74. The molecule has 2 N–H and O–H groups in total. The van der Waals surface area contributed by atoms with E-state index in [2.05, 4.69) is 12.2 Å². The van der Waals surface area contributed by atoms with Gasteiger partial charge in [0.15, 0.2) is 0 Å². The van der Waals surface area contributed by atoms with Crippen LogP contribution < -0.4 is 5.32 Å². The van der Waals surface area contributed by atoms with Crippen molar-refractivity contribution in [1.82, 2.24) is 9.88 Å². The van der Waals surface area contributed by atoms with Gasteiger partial charge in [0.1, 0.15) is 5.69 Å². The van der Waals surface area contributed by atoms with Gasteiger partial charge in [0.05, 0.1) is 5.56 Å². The van der Waals surface area contributed by atoms with Gasteiger partial charge in [-0.3, -0.25) is 4.79 Å². The number of carbonyl (C=O) groups excluding carboxylic acids is 1. The lowest BCUT2D eigenvalue weighted by atomic mass is 10.1. The first-order chi connectivity index (χ1) is 10.1. The molecule has 0 spiro atoms. The Morgan fingerprint density at radius 1 is 1.19 bits per heavy atom. The van der Waals surface area contributed by atoms with Gasteiger partial charge in [-0.15, -0.1) is 0 Å². The van der Waals surface area contributed by atoms with Crippen LogP contribution in [0.1, 0.15) is 39.8 Å². The van der Waals surface area contributed by atoms with Crippen LogP contribution in [0.15, 0.2) is 42.6 Å². The van der Waals surface area contributed by atoms with Crippen molar-refractivity contribution in [3.63, 3.8) is 0 Å². The second-order valence-corrected chi connectivity index (χ2v) is 4.77. The summed E-state index contributed by atoms with van der Waals surface area (Å²) in [6.07, 6.45) is 2.85. The number of carboxylic acids is 1. The molecule has 5 heteroatoms. The number of hydrogen-bond donors (Lipinski definition) is 2. The lowest BCUT2D eigenvalue weighted by Crippen LogP contribution is -2.25. The van der Waals surface area contributed by atoms with Gasteiger partial charge in [-0.25, -0.2) is 4.79 Å². The standard InChI is InChI=1S/C16H18N2O3/c1-2-9-18-10-3-4-14(18)15(19)17-11-12-5-7-13(8-6-12)16(20)21/h3-8,10H,2,9,11H2,1H3,(H,17,19)(H,20,21). The summed E-state index contributed by atoms with van der Waals surface area (Å²) in [6, 6.07) is 10.1. The number of aryl methyl sites for hydroxylation is 1. The number of rotatable bonds is 6. The fourth-order valence-corrected chi connectivity index (χ4v) is 2.09. The van der Waals surface area contributed by atoms with E-state index in [-0.39, 0.29) is 11.5 Å². The first-order valence-electron chi connectivity index (χ1n) is 6.87. The molecule has 0 saturated carbocycles. The molecule has 0 fully saturated rings. The zero-order valence-corrected chi connectivity index (χ0v) is 11.9. The summed E-state index contributed by atoms with van der Waals surface area (Å²) in [5, 5.41) is 11.7. The van der Waals surface area contributed by atoms with Gasteiger partial charge < -0.3 is 15.0 Å². The molecule has 2 rings (SSSR count). The van der Waals surface area contributed by atoms with Gasteiger partial charge in [0, 0.05) is 19.3 Å². The molecular weight excluding hydrogens is 268 g/mol. The second-order valence-electron chi connectivity index (χ2n) is 4.77. The highest BCUT2D eigenvalue weighted by atomic mass is 16.4. The molecule has 0 saturated heterocycles. The van der Waals surface area contributed by atoms with E-state index in [0.717, 1.165) is 18.5 Å². The molecule has 110 valence electrons. The predicted molar refractivity (Wildman–Crippen MR) is 79.3 cm³/mol. The summed E-state index contributed by atoms with van der Waals surface area (Å²) in [4.78, 5) is 22.9. The van der Waals surface area contributed by atoms with E-state index in [4.69, 9.17) is 5.11 Å². The zero-order chi connectivity index (χ0) is 15.2. The highest BCUT2D eigenvalue weighted by Gasteiger charge is 2.10. The average Bonchev–Trinajstić information content (AvgIpc) is 2.94. The number of nitrogens with zero attached hydrogens (tertiary/aromatic N) is 1. The minimum absolute atomic E-state index is 0.129. The van der Waals surface area contributed by atoms with Crippen LogP contribution in [0.25, 0.3) is 0 Å². The molecule has 0 atom stereocenters. The van der Waals surface area contributed by atoms with Crippen LogP contribution in [0, 0.1) is 0 Å². The van der Waals surface area contributed by atoms with Crippen molar-refractivity contribution in [3.05, 3.63) is 59.4 Å². The number of hydrogen-bond acceptors (Lipinski definition) is 2. The maximum Gasteiger partial charge on any atom is 0.335 e. The average molecular weight is 286 g/mol. The SMILES string of the molecule is CCCn1cccc1C(=O)NCc1ccc(C(=O)O)cc1. The van der Waals surface area contributed by atoms with Gasteiger partial charge >= 0.3 is 5.97 Å². The molecule has 5 nitrogen and oxygen atoms in total. The van der Waals surface area contributed by atoms with E-state index in [1.54, 1.807) is 18.2 Å². The van der Waals surface area contributed by atoms with Crippen LogP contribution in [-0.4, -0.2) is 21.6 Å². The molecule has 0 aliphatic carbocycles. The summed E-state index contributed by atoms with van der Waals surface area (Å²) in [6.45, 7) is 3.24. The van der Waals surface area contributed by atoms with Crippen LogP contribution >= 0.6 is 0 Å². The number of benzene rings is 1. The fraction of sp³-hybridized carbons (Fsp3) is 0.250. The van der Waals surface area contributed by atoms with Crippen molar-refractivity contribution < 1.29 is 14.7 Å². The third kappa shape index (κ3) is 3.72. The van der Waals surface area contributed by atoms with Gasteiger partial charge in [0.25, 0.3) is 5.91 Å². The molecule has 0 bridgehead atoms. The van der Waals surface area contributed by atoms with Crippen LogP contribution in [0.5, 0.6) is 0 Å². The first-order valence-corrected chi connectivity index (χ1v) is 6.87. The van der Waals surface area contributed by atoms with Gasteiger partial charge in [0.2, 0.25) is 0 Å². The van der Waals surface area contributed by atoms with Gasteiger partial charge in [-0.05, 0) is 36.2 Å². The quantitative estimate of drug-likeness (QED) is 0.857. The maximum atomic E-state index is 12.1. The minimum atomic E-state index is -0.956. The van der Waals surface area contributed by atoms with Crippen LogP contribution in [0.4, 0.5) is 0 Å². The molecule has 1 aromatic heterocycles. The third-order valence-corrected chi connectivity index (χ3v) is 3.18. The Hall–Kier alpha value is -2.56. The molecule has 1 heterocycles. The molecular formula is C16H18N2O3. The van der Waals surface area contributed by atoms with Gasteiger partial charge in [-0.2, -0.15) is 0 Å². The Morgan fingerprint density at radius 2 is 1.90 bits per heavy atom. The Bertz CT molecular complexity index is 629. The molecule has 2 aromatic rings. The van der Waals surface area contributed by atoms with Crippen molar-refractivity contribution in [2.45, 2.75) is 26.4 Å². The topological polar surface area (TPSA) is 71.3 Å². The van der Waals surface area contributed by atoms with E-state index < -0.39 is 5.97 Å². The Labute approximate surface area is 123 Å². The Morgan fingerprint density at radius 3 is 2.52 bits per heavy atom. The highest BCUT2D eigenvalue weighted by molar-refractivity contribution is 5.92. The number of carboxylic acid groups (broad SMARTS) is 1. The van der Waals surface area contributed by atoms with Crippen molar-refractivity contribution in [1.29, 1.82) is 0 Å². The van der Waals surface area contributed by atoms with Crippen LogP contribution in [-0.2, 0) is 13.1 Å². The molecule has 0 unspecified atom stereocenters. The second kappa shape index (κ2) is 6.74. The molecule has 0 aliphatic rings. The summed E-state index contributed by atoms with van der Waals surface area (Å²) >= 11 is 0. The summed E-state index contributed by atoms with van der Waals surface area (Å²) < 4.78 is 1.92. The van der Waals surface area contributed by atoms with Crippen molar-refractivity contribution in [2.75, 3.05) is 0 Å². The largest absolute Gasteiger partial charge is 0.478 e. The van der Waals surface area contributed by atoms with Crippen molar-refractivity contribution in [2.24, 2.45) is 0 Å². The van der Waals surface area contributed by atoms with Crippen molar-refractivity contribution >= 4 is 11.9 Å². The summed E-state index contributed by atoms with van der Waals surface area (Å²) in [5.74, 6) is -1.08. The summed E-state index contributed by atoms with van der Waals surface area (Å²) in [7, 11) is 0. The molecule has 0 aliphatic heterocycles. The number of aromatic nitrogens is 1. The third-order valence-electron chi connectivity index (χ3n) is 3.18.